The van der Waals surface area contributed by atoms with Crippen LogP contribution in [0.5, 0.6) is 0 Å². The monoisotopic (exact) mass is 591 g/mol. The Morgan fingerprint density at radius 3 is 2.24 bits per heavy atom. The quantitative estimate of drug-likeness (QED) is 0.404. The molecule has 0 saturated heterocycles. The highest BCUT2D eigenvalue weighted by atomic mass is 79.9. The molecule has 34 heavy (non-hydrogen) atoms. The number of rotatable bonds is 11. The van der Waals surface area contributed by atoms with Crippen molar-refractivity contribution in [1.29, 1.82) is 0 Å². The molecule has 0 aliphatic heterocycles. The smallest absolute Gasteiger partial charge is 0.244 e. The average Bonchev–Trinajstić information content (AvgIpc) is 2.78. The highest BCUT2D eigenvalue weighted by molar-refractivity contribution is 9.10. The van der Waals surface area contributed by atoms with Crippen LogP contribution in [-0.2, 0) is 26.2 Å². The summed E-state index contributed by atoms with van der Waals surface area (Å²) in [5.41, 5.74) is 1.01. The number of nitrogens with zero attached hydrogens (tertiary/aromatic N) is 2. The number of anilines is 1. The van der Waals surface area contributed by atoms with Crippen molar-refractivity contribution in [2.75, 3.05) is 23.7 Å². The van der Waals surface area contributed by atoms with E-state index in [9.17, 15) is 18.0 Å². The number of benzene rings is 2. The lowest BCUT2D eigenvalue weighted by molar-refractivity contribution is -0.140. The summed E-state index contributed by atoms with van der Waals surface area (Å²) in [6.07, 6.45) is 2.13. The Balaban J connectivity index is 2.43. The van der Waals surface area contributed by atoms with Gasteiger partial charge in [-0.3, -0.25) is 13.9 Å². The molecule has 7 nitrogen and oxygen atoms in total. The molecule has 0 unspecified atom stereocenters. The van der Waals surface area contributed by atoms with E-state index in [1.807, 2.05) is 6.92 Å². The minimum absolute atomic E-state index is 0.0612. The van der Waals surface area contributed by atoms with Crippen LogP contribution >= 0.6 is 39.1 Å². The fourth-order valence-electron chi connectivity index (χ4n) is 3.34. The number of hydrogen-bond donors (Lipinski definition) is 1. The standard InChI is InChI=1S/C23H28BrCl2N3O4S/c1-4-12-27-23(31)21(5-2)28(14-16-6-11-19(25)20(26)13-16)22(30)15-29(34(3,32)33)18-9-7-17(24)8-10-18/h6-11,13,21H,4-5,12,14-15H2,1-3H3,(H,27,31)/t21-/m1/s1. The van der Waals surface area contributed by atoms with E-state index in [1.54, 1.807) is 49.4 Å². The number of carbonyl (C=O) groups is 2. The van der Waals surface area contributed by atoms with Crippen molar-refractivity contribution in [2.24, 2.45) is 0 Å². The van der Waals surface area contributed by atoms with Crippen LogP contribution in [-0.4, -0.2) is 50.5 Å². The number of sulfonamides is 1. The van der Waals surface area contributed by atoms with Crippen LogP contribution in [0.2, 0.25) is 10.0 Å². The zero-order chi connectivity index (χ0) is 25.5. The molecule has 0 aliphatic carbocycles. The maximum Gasteiger partial charge on any atom is 0.244 e. The molecule has 0 aliphatic rings. The van der Waals surface area contributed by atoms with Crippen molar-refractivity contribution in [3.63, 3.8) is 0 Å². The third-order valence-corrected chi connectivity index (χ3v) is 7.47. The number of halogens is 3. The van der Waals surface area contributed by atoms with E-state index in [1.165, 1.54) is 4.90 Å². The average molecular weight is 593 g/mol. The van der Waals surface area contributed by atoms with Gasteiger partial charge >= 0.3 is 0 Å². The van der Waals surface area contributed by atoms with E-state index in [4.69, 9.17) is 23.2 Å². The highest BCUT2D eigenvalue weighted by Crippen LogP contribution is 2.25. The number of hydrogen-bond acceptors (Lipinski definition) is 4. The van der Waals surface area contributed by atoms with E-state index in [2.05, 4.69) is 21.2 Å². The number of nitrogens with one attached hydrogen (secondary N) is 1. The summed E-state index contributed by atoms with van der Waals surface area (Å²) in [6.45, 7) is 3.81. The topological polar surface area (TPSA) is 86.8 Å². The van der Waals surface area contributed by atoms with Gasteiger partial charge in [0, 0.05) is 17.6 Å². The van der Waals surface area contributed by atoms with Gasteiger partial charge in [0.25, 0.3) is 0 Å². The molecule has 0 saturated carbocycles. The second-order valence-electron chi connectivity index (χ2n) is 7.73. The highest BCUT2D eigenvalue weighted by Gasteiger charge is 2.31. The van der Waals surface area contributed by atoms with Crippen molar-refractivity contribution in [2.45, 2.75) is 39.3 Å². The normalized spacial score (nSPS) is 12.2. The lowest BCUT2D eigenvalue weighted by Gasteiger charge is -2.33. The first kappa shape index (κ1) is 28.4. The number of carbonyl (C=O) groups excluding carboxylic acids is 2. The summed E-state index contributed by atoms with van der Waals surface area (Å²) < 4.78 is 26.9. The zero-order valence-corrected chi connectivity index (χ0v) is 23.1. The molecule has 186 valence electrons. The Hall–Kier alpha value is -1.81. The van der Waals surface area contributed by atoms with E-state index in [0.29, 0.717) is 34.3 Å². The summed E-state index contributed by atoms with van der Waals surface area (Å²) in [5.74, 6) is -0.815. The molecule has 0 radical (unpaired) electrons. The summed E-state index contributed by atoms with van der Waals surface area (Å²) in [4.78, 5) is 27.8. The van der Waals surface area contributed by atoms with Crippen LogP contribution in [0.4, 0.5) is 5.69 Å². The SMILES string of the molecule is CCCNC(=O)[C@@H](CC)N(Cc1ccc(Cl)c(Cl)c1)C(=O)CN(c1ccc(Br)cc1)S(C)(=O)=O. The molecule has 0 spiro atoms. The number of amides is 2. The van der Waals surface area contributed by atoms with Crippen LogP contribution in [0.3, 0.4) is 0 Å². The molecule has 2 amide bonds. The summed E-state index contributed by atoms with van der Waals surface area (Å²) in [5, 5.41) is 3.52. The van der Waals surface area contributed by atoms with Gasteiger partial charge in [0.05, 0.1) is 22.0 Å². The molecule has 2 aromatic carbocycles. The van der Waals surface area contributed by atoms with Crippen LogP contribution in [0.25, 0.3) is 0 Å². The van der Waals surface area contributed by atoms with Gasteiger partial charge in [0.1, 0.15) is 12.6 Å². The fraction of sp³-hybridized carbons (Fsp3) is 0.391. The van der Waals surface area contributed by atoms with E-state index < -0.39 is 28.5 Å². The molecule has 2 rings (SSSR count). The van der Waals surface area contributed by atoms with Crippen molar-refractivity contribution in [3.8, 4) is 0 Å². The van der Waals surface area contributed by atoms with Gasteiger partial charge in [-0.1, -0.05) is 59.0 Å². The summed E-state index contributed by atoms with van der Waals surface area (Å²) in [7, 11) is -3.78. The fourth-order valence-corrected chi connectivity index (χ4v) is 4.78. The van der Waals surface area contributed by atoms with Crippen molar-refractivity contribution in [3.05, 3.63) is 62.5 Å². The van der Waals surface area contributed by atoms with E-state index >= 15 is 0 Å². The summed E-state index contributed by atoms with van der Waals surface area (Å²) >= 11 is 15.5. The second kappa shape index (κ2) is 12.8. The van der Waals surface area contributed by atoms with Gasteiger partial charge in [0.2, 0.25) is 21.8 Å². The molecule has 2 aromatic rings. The van der Waals surface area contributed by atoms with Crippen LogP contribution < -0.4 is 9.62 Å². The lowest BCUT2D eigenvalue weighted by Crippen LogP contribution is -2.52. The third kappa shape index (κ3) is 7.86. The Morgan fingerprint density at radius 2 is 1.71 bits per heavy atom. The Morgan fingerprint density at radius 1 is 1.06 bits per heavy atom. The molecule has 0 bridgehead atoms. The molecule has 0 heterocycles. The van der Waals surface area contributed by atoms with E-state index in [-0.39, 0.29) is 12.5 Å². The Labute approximate surface area is 219 Å². The van der Waals surface area contributed by atoms with Gasteiger partial charge in [-0.25, -0.2) is 8.42 Å². The van der Waals surface area contributed by atoms with Crippen LogP contribution in [0.15, 0.2) is 46.9 Å². The molecular formula is C23H28BrCl2N3O4S. The first-order valence-electron chi connectivity index (χ1n) is 10.7. The molecule has 0 aromatic heterocycles. The van der Waals surface area contributed by atoms with E-state index in [0.717, 1.165) is 21.5 Å². The molecule has 11 heteroatoms. The molecule has 1 atom stereocenters. The van der Waals surface area contributed by atoms with Gasteiger partial charge in [0.15, 0.2) is 0 Å². The summed E-state index contributed by atoms with van der Waals surface area (Å²) in [6, 6.07) is 10.8. The predicted molar refractivity (Wildman–Crippen MR) is 141 cm³/mol. The van der Waals surface area contributed by atoms with Gasteiger partial charge in [-0.15, -0.1) is 0 Å². The van der Waals surface area contributed by atoms with Gasteiger partial charge < -0.3 is 10.2 Å². The predicted octanol–water partition coefficient (Wildman–Crippen LogP) is 4.86. The first-order chi connectivity index (χ1) is 16.0. The maximum atomic E-state index is 13.5. The van der Waals surface area contributed by atoms with Crippen molar-refractivity contribution < 1.29 is 18.0 Å². The second-order valence-corrected chi connectivity index (χ2v) is 11.4. The van der Waals surface area contributed by atoms with Crippen molar-refractivity contribution >= 4 is 66.7 Å². The molecule has 0 fully saturated rings. The van der Waals surface area contributed by atoms with Gasteiger partial charge in [-0.05, 0) is 54.8 Å². The minimum Gasteiger partial charge on any atom is -0.354 e. The molecular weight excluding hydrogens is 565 g/mol. The third-order valence-electron chi connectivity index (χ3n) is 5.07. The van der Waals surface area contributed by atoms with Crippen LogP contribution in [0, 0.1) is 0 Å². The largest absolute Gasteiger partial charge is 0.354 e. The van der Waals surface area contributed by atoms with Crippen molar-refractivity contribution in [1.82, 2.24) is 10.2 Å². The Bertz CT molecular complexity index is 1110. The Kier molecular flexibility index (Phi) is 10.7. The lowest BCUT2D eigenvalue weighted by atomic mass is 10.1. The van der Waals surface area contributed by atoms with Gasteiger partial charge in [-0.2, -0.15) is 0 Å². The minimum atomic E-state index is -3.78. The zero-order valence-electron chi connectivity index (χ0n) is 19.2. The molecule has 1 N–H and O–H groups in total. The maximum absolute atomic E-state index is 13.5. The first-order valence-corrected chi connectivity index (χ1v) is 14.1. The van der Waals surface area contributed by atoms with Crippen LogP contribution in [0.1, 0.15) is 32.3 Å².